The first-order chi connectivity index (χ1) is 7.13. The van der Waals surface area contributed by atoms with E-state index >= 15 is 0 Å². The number of hydrogen-bond acceptors (Lipinski definition) is 3. The molecule has 0 fully saturated rings. The topological polar surface area (TPSA) is 71.5 Å². The molecule has 1 aromatic rings. The predicted molar refractivity (Wildman–Crippen MR) is 57.7 cm³/mol. The molecule has 0 saturated heterocycles. The Morgan fingerprint density at radius 1 is 1.80 bits per heavy atom. The second kappa shape index (κ2) is 5.67. The van der Waals surface area contributed by atoms with Crippen molar-refractivity contribution >= 4 is 22.0 Å². The van der Waals surface area contributed by atoms with Crippen molar-refractivity contribution in [1.82, 2.24) is 10.3 Å². The molecule has 0 saturated carbocycles. The average molecular weight is 275 g/mol. The van der Waals surface area contributed by atoms with E-state index in [-0.39, 0.29) is 6.61 Å². The lowest BCUT2D eigenvalue weighted by Crippen LogP contribution is -2.30. The molecular weight excluding hydrogens is 264 g/mol. The van der Waals surface area contributed by atoms with Crippen LogP contribution in [0.2, 0.25) is 0 Å². The van der Waals surface area contributed by atoms with Crippen LogP contribution in [0.4, 0.5) is 4.79 Å². The summed E-state index contributed by atoms with van der Waals surface area (Å²) in [7, 11) is 1.51. The third-order valence-electron chi connectivity index (χ3n) is 1.73. The van der Waals surface area contributed by atoms with Crippen LogP contribution in [-0.2, 0) is 4.74 Å². The number of ether oxygens (including phenoxy) is 1. The highest BCUT2D eigenvalue weighted by molar-refractivity contribution is 9.10. The van der Waals surface area contributed by atoms with Gasteiger partial charge in [-0.05, 0) is 12.1 Å². The molecule has 6 heteroatoms. The van der Waals surface area contributed by atoms with Gasteiger partial charge in [0.2, 0.25) is 0 Å². The number of carbonyl (C=O) groups is 1. The second-order valence-electron chi connectivity index (χ2n) is 2.86. The van der Waals surface area contributed by atoms with Crippen molar-refractivity contribution in [2.45, 2.75) is 6.04 Å². The second-order valence-corrected chi connectivity index (χ2v) is 3.77. The summed E-state index contributed by atoms with van der Waals surface area (Å²) in [6.07, 6.45) is 0.504. The number of pyridine rings is 1. The summed E-state index contributed by atoms with van der Waals surface area (Å²) < 4.78 is 5.77. The Balaban J connectivity index is 2.83. The Kier molecular flexibility index (Phi) is 4.51. The van der Waals surface area contributed by atoms with E-state index in [1.54, 1.807) is 18.3 Å². The van der Waals surface area contributed by atoms with Gasteiger partial charge < -0.3 is 15.2 Å². The number of amides is 1. The Morgan fingerprint density at radius 2 is 2.53 bits per heavy atom. The van der Waals surface area contributed by atoms with E-state index in [1.165, 1.54) is 7.11 Å². The van der Waals surface area contributed by atoms with E-state index in [4.69, 9.17) is 9.84 Å². The largest absolute Gasteiger partial charge is 0.465 e. The van der Waals surface area contributed by atoms with Crippen molar-refractivity contribution in [3.8, 4) is 0 Å². The fourth-order valence-electron chi connectivity index (χ4n) is 1.13. The lowest BCUT2D eigenvalue weighted by molar-refractivity contribution is 0.150. The Morgan fingerprint density at radius 3 is 3.07 bits per heavy atom. The number of hydrogen-bond donors (Lipinski definition) is 2. The van der Waals surface area contributed by atoms with E-state index in [0.717, 1.165) is 4.47 Å². The van der Waals surface area contributed by atoms with Crippen molar-refractivity contribution in [2.24, 2.45) is 0 Å². The summed E-state index contributed by atoms with van der Waals surface area (Å²) >= 11 is 3.29. The maximum Gasteiger partial charge on any atom is 0.405 e. The van der Waals surface area contributed by atoms with Gasteiger partial charge in [0.15, 0.2) is 0 Å². The van der Waals surface area contributed by atoms with Crippen molar-refractivity contribution in [1.29, 1.82) is 0 Å². The zero-order chi connectivity index (χ0) is 11.3. The van der Waals surface area contributed by atoms with Crippen LogP contribution in [0, 0.1) is 0 Å². The van der Waals surface area contributed by atoms with E-state index in [0.29, 0.717) is 5.69 Å². The van der Waals surface area contributed by atoms with Gasteiger partial charge in [0.1, 0.15) is 0 Å². The molecule has 1 atom stereocenters. The molecule has 0 bridgehead atoms. The third-order valence-corrected chi connectivity index (χ3v) is 2.22. The van der Waals surface area contributed by atoms with Crippen molar-refractivity contribution in [2.75, 3.05) is 13.7 Å². The molecule has 1 rings (SSSR count). The number of aromatic nitrogens is 1. The first kappa shape index (κ1) is 11.9. The van der Waals surface area contributed by atoms with E-state index < -0.39 is 12.1 Å². The van der Waals surface area contributed by atoms with Gasteiger partial charge in [-0.15, -0.1) is 0 Å². The summed E-state index contributed by atoms with van der Waals surface area (Å²) in [5.74, 6) is 0. The normalized spacial score (nSPS) is 12.1. The number of methoxy groups -OCH3 is 1. The molecule has 0 aliphatic rings. The molecule has 82 valence electrons. The number of carboxylic acid groups (broad SMARTS) is 1. The minimum absolute atomic E-state index is 0.246. The van der Waals surface area contributed by atoms with Crippen LogP contribution < -0.4 is 5.32 Å². The smallest absolute Gasteiger partial charge is 0.405 e. The number of rotatable bonds is 4. The number of halogens is 1. The standard InChI is InChI=1S/C9H11BrN2O3/c1-15-5-8(12-9(13)14)7-4-6(10)2-3-11-7/h2-4,8,12H,5H2,1H3,(H,13,14). The molecule has 0 spiro atoms. The van der Waals surface area contributed by atoms with E-state index in [9.17, 15) is 4.79 Å². The highest BCUT2D eigenvalue weighted by Gasteiger charge is 2.15. The molecule has 0 aromatic carbocycles. The van der Waals surface area contributed by atoms with Crippen LogP contribution in [-0.4, -0.2) is 29.9 Å². The maximum atomic E-state index is 10.5. The molecule has 1 heterocycles. The minimum atomic E-state index is -1.10. The van der Waals surface area contributed by atoms with Gasteiger partial charge in [-0.3, -0.25) is 4.98 Å². The number of nitrogens with one attached hydrogen (secondary N) is 1. The van der Waals surface area contributed by atoms with Crippen LogP contribution in [0.5, 0.6) is 0 Å². The van der Waals surface area contributed by atoms with Gasteiger partial charge in [0.25, 0.3) is 0 Å². The first-order valence-electron chi connectivity index (χ1n) is 4.23. The fourth-order valence-corrected chi connectivity index (χ4v) is 1.48. The lowest BCUT2D eigenvalue weighted by Gasteiger charge is -2.15. The monoisotopic (exact) mass is 274 g/mol. The van der Waals surface area contributed by atoms with Crippen LogP contribution in [0.25, 0.3) is 0 Å². The van der Waals surface area contributed by atoms with Gasteiger partial charge in [-0.1, -0.05) is 15.9 Å². The summed E-state index contributed by atoms with van der Waals surface area (Å²) in [4.78, 5) is 14.6. The predicted octanol–water partition coefficient (Wildman–Crippen LogP) is 1.80. The van der Waals surface area contributed by atoms with Gasteiger partial charge in [0.05, 0.1) is 18.3 Å². The van der Waals surface area contributed by atoms with Crippen LogP contribution >= 0.6 is 15.9 Å². The Hall–Kier alpha value is -1.14. The fraction of sp³-hybridized carbons (Fsp3) is 0.333. The van der Waals surface area contributed by atoms with Crippen LogP contribution in [0.1, 0.15) is 11.7 Å². The SMILES string of the molecule is COCC(NC(=O)O)c1cc(Br)ccn1. The summed E-state index contributed by atoms with van der Waals surface area (Å²) in [5.41, 5.74) is 0.619. The Bertz CT molecular complexity index is 346. The van der Waals surface area contributed by atoms with E-state index in [2.05, 4.69) is 26.2 Å². The molecule has 1 unspecified atom stereocenters. The number of nitrogens with zero attached hydrogens (tertiary/aromatic N) is 1. The molecule has 1 amide bonds. The van der Waals surface area contributed by atoms with Crippen molar-refractivity contribution < 1.29 is 14.6 Å². The molecule has 1 aromatic heterocycles. The Labute approximate surface area is 95.6 Å². The highest BCUT2D eigenvalue weighted by atomic mass is 79.9. The zero-order valence-electron chi connectivity index (χ0n) is 8.11. The highest BCUT2D eigenvalue weighted by Crippen LogP contribution is 2.15. The quantitative estimate of drug-likeness (QED) is 0.878. The van der Waals surface area contributed by atoms with Gasteiger partial charge in [0, 0.05) is 17.8 Å². The lowest BCUT2D eigenvalue weighted by atomic mass is 10.2. The van der Waals surface area contributed by atoms with Gasteiger partial charge in [-0.2, -0.15) is 0 Å². The van der Waals surface area contributed by atoms with Crippen molar-refractivity contribution in [3.05, 3.63) is 28.5 Å². The first-order valence-corrected chi connectivity index (χ1v) is 5.02. The minimum Gasteiger partial charge on any atom is -0.465 e. The molecule has 0 radical (unpaired) electrons. The molecule has 0 aliphatic carbocycles. The zero-order valence-corrected chi connectivity index (χ0v) is 9.69. The molecule has 2 N–H and O–H groups in total. The molecule has 15 heavy (non-hydrogen) atoms. The van der Waals surface area contributed by atoms with Crippen LogP contribution in [0.15, 0.2) is 22.8 Å². The van der Waals surface area contributed by atoms with Gasteiger partial charge >= 0.3 is 6.09 Å². The van der Waals surface area contributed by atoms with E-state index in [1.807, 2.05) is 0 Å². The molecule has 5 nitrogen and oxygen atoms in total. The maximum absolute atomic E-state index is 10.5. The summed E-state index contributed by atoms with van der Waals surface area (Å²) in [6, 6.07) is 3.07. The molecular formula is C9H11BrN2O3. The summed E-state index contributed by atoms with van der Waals surface area (Å²) in [6.45, 7) is 0.246. The van der Waals surface area contributed by atoms with Gasteiger partial charge in [-0.25, -0.2) is 4.79 Å². The third kappa shape index (κ3) is 3.85. The molecule has 0 aliphatic heterocycles. The van der Waals surface area contributed by atoms with Crippen molar-refractivity contribution in [3.63, 3.8) is 0 Å². The summed E-state index contributed by atoms with van der Waals surface area (Å²) in [5, 5.41) is 11.0. The average Bonchev–Trinajstić information content (AvgIpc) is 2.16. The van der Waals surface area contributed by atoms with Crippen LogP contribution in [0.3, 0.4) is 0 Å².